The fourth-order valence-corrected chi connectivity index (χ4v) is 1.32. The van der Waals surface area contributed by atoms with Gasteiger partial charge in [-0.15, -0.1) is 11.6 Å². The summed E-state index contributed by atoms with van der Waals surface area (Å²) < 4.78 is 0. The van der Waals surface area contributed by atoms with Crippen LogP contribution in [0.3, 0.4) is 0 Å². The summed E-state index contributed by atoms with van der Waals surface area (Å²) in [5, 5.41) is 0. The van der Waals surface area contributed by atoms with Gasteiger partial charge >= 0.3 is 0 Å². The molecule has 0 bridgehead atoms. The molecular formula is C7H11ClN2. The SMILES string of the molecule is C.NC1(N)C=CC2=CC21Cl. The van der Waals surface area contributed by atoms with E-state index in [4.69, 9.17) is 23.1 Å². The van der Waals surface area contributed by atoms with Gasteiger partial charge in [-0.25, -0.2) is 0 Å². The second-order valence-corrected chi connectivity index (χ2v) is 3.17. The van der Waals surface area contributed by atoms with Crippen LogP contribution in [0.25, 0.3) is 0 Å². The first-order valence-corrected chi connectivity index (χ1v) is 3.13. The van der Waals surface area contributed by atoms with Crippen molar-refractivity contribution in [3.8, 4) is 0 Å². The zero-order valence-corrected chi connectivity index (χ0v) is 5.52. The van der Waals surface area contributed by atoms with Crippen molar-refractivity contribution in [1.29, 1.82) is 0 Å². The Morgan fingerprint density at radius 1 is 1.40 bits per heavy atom. The lowest BCUT2D eigenvalue weighted by Crippen LogP contribution is -2.56. The Morgan fingerprint density at radius 3 is 2.10 bits per heavy atom. The number of allylic oxidation sites excluding steroid dienone is 1. The molecule has 2 nitrogen and oxygen atoms in total. The monoisotopic (exact) mass is 158 g/mol. The van der Waals surface area contributed by atoms with E-state index in [0.717, 1.165) is 5.57 Å². The molecule has 2 aliphatic rings. The summed E-state index contributed by atoms with van der Waals surface area (Å²) in [5.41, 5.74) is 11.4. The van der Waals surface area contributed by atoms with Crippen LogP contribution in [0.5, 0.6) is 0 Å². The summed E-state index contributed by atoms with van der Waals surface area (Å²) in [6, 6.07) is 0. The predicted molar refractivity (Wildman–Crippen MR) is 43.6 cm³/mol. The molecule has 4 N–H and O–H groups in total. The van der Waals surface area contributed by atoms with Gasteiger partial charge in [0.05, 0.1) is 0 Å². The first-order chi connectivity index (χ1) is 4.06. The first-order valence-electron chi connectivity index (χ1n) is 2.75. The number of fused-ring (bicyclic) bond motifs is 1. The minimum atomic E-state index is -0.843. The van der Waals surface area contributed by atoms with Gasteiger partial charge in [-0.1, -0.05) is 19.6 Å². The van der Waals surface area contributed by atoms with Crippen LogP contribution in [0.2, 0.25) is 0 Å². The van der Waals surface area contributed by atoms with E-state index in [-0.39, 0.29) is 7.43 Å². The third-order valence-electron chi connectivity index (χ3n) is 1.86. The van der Waals surface area contributed by atoms with Crippen molar-refractivity contribution >= 4 is 11.6 Å². The zero-order chi connectivity index (χ0) is 6.70. The molecule has 3 heteroatoms. The van der Waals surface area contributed by atoms with E-state index in [9.17, 15) is 0 Å². The summed E-state index contributed by atoms with van der Waals surface area (Å²) in [5.74, 6) is 0. The molecule has 0 fully saturated rings. The molecule has 0 heterocycles. The maximum absolute atomic E-state index is 5.93. The normalized spacial score (nSPS) is 38.1. The van der Waals surface area contributed by atoms with Crippen LogP contribution in [-0.4, -0.2) is 10.5 Å². The Bertz CT molecular complexity index is 230. The topological polar surface area (TPSA) is 52.0 Å². The Hall–Kier alpha value is -0.310. The van der Waals surface area contributed by atoms with Crippen molar-refractivity contribution in [2.75, 3.05) is 0 Å². The van der Waals surface area contributed by atoms with Crippen LogP contribution in [0.4, 0.5) is 0 Å². The number of halogens is 1. The van der Waals surface area contributed by atoms with Gasteiger partial charge < -0.3 is 11.5 Å². The smallest absolute Gasteiger partial charge is 0.122 e. The molecular weight excluding hydrogens is 148 g/mol. The molecule has 0 amide bonds. The summed E-state index contributed by atoms with van der Waals surface area (Å²) in [4.78, 5) is -0.535. The molecule has 2 aliphatic carbocycles. The van der Waals surface area contributed by atoms with Crippen LogP contribution in [0.1, 0.15) is 7.43 Å². The maximum atomic E-state index is 5.93. The standard InChI is InChI=1S/C6H7ClN2.CH4/c7-5-3-4(5)1-2-6(5,8)9;/h1-3H,8-9H2;1H4. The van der Waals surface area contributed by atoms with Gasteiger partial charge in [-0.3, -0.25) is 0 Å². The zero-order valence-electron chi connectivity index (χ0n) is 4.76. The summed E-state index contributed by atoms with van der Waals surface area (Å²) in [6.45, 7) is 0. The van der Waals surface area contributed by atoms with E-state index in [2.05, 4.69) is 0 Å². The molecule has 0 saturated heterocycles. The van der Waals surface area contributed by atoms with Gasteiger partial charge in [-0.05, 0) is 11.6 Å². The highest BCUT2D eigenvalue weighted by molar-refractivity contribution is 6.32. The molecule has 0 aromatic rings. The Morgan fingerprint density at radius 2 is 2.00 bits per heavy atom. The van der Waals surface area contributed by atoms with Crippen molar-refractivity contribution < 1.29 is 0 Å². The molecule has 0 aliphatic heterocycles. The van der Waals surface area contributed by atoms with Crippen LogP contribution < -0.4 is 11.5 Å². The van der Waals surface area contributed by atoms with Gasteiger partial charge in [0, 0.05) is 0 Å². The summed E-state index contributed by atoms with van der Waals surface area (Å²) in [7, 11) is 0. The molecule has 1 atom stereocenters. The van der Waals surface area contributed by atoms with Gasteiger partial charge in [0.15, 0.2) is 0 Å². The highest BCUT2D eigenvalue weighted by Crippen LogP contribution is 2.51. The number of nitrogens with two attached hydrogens (primary N) is 2. The van der Waals surface area contributed by atoms with Crippen molar-refractivity contribution in [2.24, 2.45) is 11.5 Å². The van der Waals surface area contributed by atoms with E-state index in [1.165, 1.54) is 0 Å². The second-order valence-electron chi connectivity index (χ2n) is 2.58. The molecule has 2 rings (SSSR count). The van der Waals surface area contributed by atoms with Crippen LogP contribution in [0.15, 0.2) is 23.8 Å². The van der Waals surface area contributed by atoms with Crippen molar-refractivity contribution in [3.63, 3.8) is 0 Å². The van der Waals surface area contributed by atoms with Gasteiger partial charge in [0.1, 0.15) is 10.5 Å². The second kappa shape index (κ2) is 1.64. The van der Waals surface area contributed by atoms with Crippen molar-refractivity contribution in [2.45, 2.75) is 18.0 Å². The average molecular weight is 159 g/mol. The fourth-order valence-electron chi connectivity index (χ4n) is 1.07. The van der Waals surface area contributed by atoms with E-state index in [1.54, 1.807) is 6.08 Å². The van der Waals surface area contributed by atoms with E-state index in [1.807, 2.05) is 12.2 Å². The Balaban J connectivity index is 0.000000500. The van der Waals surface area contributed by atoms with Crippen molar-refractivity contribution in [3.05, 3.63) is 23.8 Å². The lowest BCUT2D eigenvalue weighted by atomic mass is 10.1. The molecule has 10 heavy (non-hydrogen) atoms. The molecule has 1 unspecified atom stereocenters. The maximum Gasteiger partial charge on any atom is 0.122 e. The third-order valence-corrected chi connectivity index (χ3v) is 2.51. The van der Waals surface area contributed by atoms with Crippen LogP contribution in [-0.2, 0) is 0 Å². The molecule has 0 aromatic heterocycles. The third kappa shape index (κ3) is 0.613. The first kappa shape index (κ1) is 7.79. The number of hydrogen-bond donors (Lipinski definition) is 2. The Labute approximate surface area is 65.5 Å². The Kier molecular flexibility index (Phi) is 1.28. The minimum Gasteiger partial charge on any atom is -0.308 e. The van der Waals surface area contributed by atoms with Crippen LogP contribution in [0, 0.1) is 0 Å². The lowest BCUT2D eigenvalue weighted by Gasteiger charge is -2.23. The van der Waals surface area contributed by atoms with Gasteiger partial charge in [0.25, 0.3) is 0 Å². The predicted octanol–water partition coefficient (Wildman–Crippen LogP) is 0.724. The number of rotatable bonds is 0. The number of hydrogen-bond acceptors (Lipinski definition) is 2. The minimum absolute atomic E-state index is 0. The highest BCUT2D eigenvalue weighted by Gasteiger charge is 2.56. The lowest BCUT2D eigenvalue weighted by molar-refractivity contribution is 0.544. The van der Waals surface area contributed by atoms with Crippen molar-refractivity contribution in [1.82, 2.24) is 0 Å². The van der Waals surface area contributed by atoms with Gasteiger partial charge in [0.2, 0.25) is 0 Å². The average Bonchev–Trinajstić information content (AvgIpc) is 2.34. The number of alkyl halides is 1. The quantitative estimate of drug-likeness (QED) is 0.403. The van der Waals surface area contributed by atoms with E-state index in [0.29, 0.717) is 0 Å². The molecule has 0 saturated carbocycles. The molecule has 56 valence electrons. The van der Waals surface area contributed by atoms with Gasteiger partial charge in [-0.2, -0.15) is 0 Å². The van der Waals surface area contributed by atoms with E-state index < -0.39 is 10.5 Å². The van der Waals surface area contributed by atoms with E-state index >= 15 is 0 Å². The summed E-state index contributed by atoms with van der Waals surface area (Å²) in [6.07, 6.45) is 5.47. The molecule has 0 radical (unpaired) electrons. The van der Waals surface area contributed by atoms with Crippen LogP contribution >= 0.6 is 11.6 Å². The summed E-state index contributed by atoms with van der Waals surface area (Å²) >= 11 is 5.93. The fraction of sp³-hybridized carbons (Fsp3) is 0.429. The highest BCUT2D eigenvalue weighted by atomic mass is 35.5. The molecule has 0 spiro atoms. The largest absolute Gasteiger partial charge is 0.308 e. The molecule has 0 aromatic carbocycles.